The molecular weight excluding hydrogens is 314 g/mol. The summed E-state index contributed by atoms with van der Waals surface area (Å²) in [5.41, 5.74) is 3.77. The van der Waals surface area contributed by atoms with Crippen LogP contribution in [0.3, 0.4) is 0 Å². The predicted molar refractivity (Wildman–Crippen MR) is 73.5 cm³/mol. The van der Waals surface area contributed by atoms with E-state index < -0.39 is 53.9 Å². The predicted octanol–water partition coefficient (Wildman–Crippen LogP) is -3.68. The molecule has 1 aliphatic rings. The van der Waals surface area contributed by atoms with Crippen molar-refractivity contribution in [3.63, 3.8) is 0 Å². The molecule has 0 unspecified atom stereocenters. The molecule has 0 bridgehead atoms. The summed E-state index contributed by atoms with van der Waals surface area (Å²) < 4.78 is 6.20. The number of aliphatic hydroxyl groups excluding tert-OH is 3. The van der Waals surface area contributed by atoms with Gasteiger partial charge in [-0.1, -0.05) is 0 Å². The first-order chi connectivity index (χ1) is 10.7. The minimum Gasteiger partial charge on any atom is -0.480 e. The molecular formula is C12H17N3O8. The number of aliphatic carboxylic acids is 1. The lowest BCUT2D eigenvalue weighted by Crippen LogP contribution is -2.45. The van der Waals surface area contributed by atoms with Crippen molar-refractivity contribution in [2.24, 2.45) is 5.73 Å². The number of nitrogens with one attached hydrogen (secondary N) is 1. The van der Waals surface area contributed by atoms with Gasteiger partial charge in [0.2, 0.25) is 0 Å². The van der Waals surface area contributed by atoms with Gasteiger partial charge < -0.3 is 30.9 Å². The first-order valence-electron chi connectivity index (χ1n) is 6.72. The maximum Gasteiger partial charge on any atom is 0.330 e. The first-order valence-corrected chi connectivity index (χ1v) is 6.72. The second-order valence-corrected chi connectivity index (χ2v) is 5.23. The second kappa shape index (κ2) is 6.60. The highest BCUT2D eigenvalue weighted by atomic mass is 16.6. The summed E-state index contributed by atoms with van der Waals surface area (Å²) in [5, 5.41) is 38.3. The molecule has 0 amide bonds. The molecule has 23 heavy (non-hydrogen) atoms. The molecule has 1 aromatic heterocycles. The Hall–Kier alpha value is -2.05. The summed E-state index contributed by atoms with van der Waals surface area (Å²) in [6, 6.07) is -0.551. The third-order valence-corrected chi connectivity index (χ3v) is 3.64. The number of hydrogen-bond donors (Lipinski definition) is 6. The molecule has 0 spiro atoms. The Kier molecular flexibility index (Phi) is 4.97. The maximum atomic E-state index is 11.7. The molecule has 1 saturated heterocycles. The lowest BCUT2D eigenvalue weighted by Gasteiger charge is -2.20. The minimum atomic E-state index is -1.59. The van der Waals surface area contributed by atoms with Crippen molar-refractivity contribution < 1.29 is 30.0 Å². The van der Waals surface area contributed by atoms with Gasteiger partial charge >= 0.3 is 11.7 Å². The van der Waals surface area contributed by atoms with Crippen LogP contribution in [-0.4, -0.2) is 66.4 Å². The van der Waals surface area contributed by atoms with Crippen LogP contribution in [0.1, 0.15) is 12.6 Å². The van der Waals surface area contributed by atoms with Crippen LogP contribution in [0.2, 0.25) is 0 Å². The quantitative estimate of drug-likeness (QED) is 0.315. The summed E-state index contributed by atoms with van der Waals surface area (Å²) in [6.07, 6.45) is -6.23. The Labute approximate surface area is 128 Å². The minimum absolute atomic E-state index is 0.361. The zero-order valence-electron chi connectivity index (χ0n) is 11.8. The highest BCUT2D eigenvalue weighted by Crippen LogP contribution is 2.30. The van der Waals surface area contributed by atoms with Gasteiger partial charge in [0.15, 0.2) is 6.23 Å². The molecule has 1 aliphatic heterocycles. The zero-order valence-corrected chi connectivity index (χ0v) is 11.8. The monoisotopic (exact) mass is 331 g/mol. The smallest absolute Gasteiger partial charge is 0.330 e. The molecule has 0 radical (unpaired) electrons. The van der Waals surface area contributed by atoms with Gasteiger partial charge in [-0.25, -0.2) is 4.79 Å². The fourth-order valence-corrected chi connectivity index (χ4v) is 2.33. The van der Waals surface area contributed by atoms with E-state index in [2.05, 4.69) is 0 Å². The number of nitrogens with zero attached hydrogens (tertiary/aromatic N) is 1. The van der Waals surface area contributed by atoms with Crippen LogP contribution in [0, 0.1) is 0 Å². The maximum absolute atomic E-state index is 11.7. The topological polar surface area (TPSA) is 188 Å². The molecule has 128 valence electrons. The van der Waals surface area contributed by atoms with Crippen LogP contribution in [0.15, 0.2) is 21.9 Å². The highest BCUT2D eigenvalue weighted by molar-refractivity contribution is 5.73. The van der Waals surface area contributed by atoms with E-state index in [9.17, 15) is 29.7 Å². The van der Waals surface area contributed by atoms with Gasteiger partial charge in [-0.15, -0.1) is 0 Å². The average Bonchev–Trinajstić information content (AvgIpc) is 2.74. The first kappa shape index (κ1) is 17.3. The van der Waals surface area contributed by atoms with Gasteiger partial charge in [-0.3, -0.25) is 19.1 Å². The number of rotatable bonds is 5. The zero-order chi connectivity index (χ0) is 17.3. The Balaban J connectivity index is 2.16. The fourth-order valence-electron chi connectivity index (χ4n) is 2.33. The van der Waals surface area contributed by atoms with Crippen LogP contribution < -0.4 is 17.0 Å². The Morgan fingerprint density at radius 3 is 2.61 bits per heavy atom. The van der Waals surface area contributed by atoms with Crippen molar-refractivity contribution in [3.05, 3.63) is 33.1 Å². The van der Waals surface area contributed by atoms with E-state index >= 15 is 0 Å². The molecule has 2 rings (SSSR count). The number of H-pyrrole nitrogens is 1. The fraction of sp³-hybridized carbons (Fsp3) is 0.583. The van der Waals surface area contributed by atoms with Crippen LogP contribution in [-0.2, 0) is 9.53 Å². The summed E-state index contributed by atoms with van der Waals surface area (Å²) in [5.74, 6) is -1.43. The van der Waals surface area contributed by atoms with Crippen LogP contribution in [0.25, 0.3) is 0 Å². The number of carboxylic acid groups (broad SMARTS) is 1. The van der Waals surface area contributed by atoms with E-state index in [0.29, 0.717) is 0 Å². The third-order valence-electron chi connectivity index (χ3n) is 3.64. The van der Waals surface area contributed by atoms with Crippen molar-refractivity contribution in [3.8, 4) is 0 Å². The van der Waals surface area contributed by atoms with Crippen LogP contribution >= 0.6 is 0 Å². The Morgan fingerprint density at radius 1 is 1.39 bits per heavy atom. The number of hydrogen-bond acceptors (Lipinski definition) is 8. The molecule has 7 N–H and O–H groups in total. The molecule has 2 heterocycles. The van der Waals surface area contributed by atoms with Gasteiger partial charge in [0.05, 0.1) is 12.2 Å². The van der Waals surface area contributed by atoms with E-state index in [1.54, 1.807) is 0 Å². The summed E-state index contributed by atoms with van der Waals surface area (Å²) in [4.78, 5) is 35.4. The van der Waals surface area contributed by atoms with Gasteiger partial charge in [-0.05, 0) is 0 Å². The van der Waals surface area contributed by atoms with Crippen molar-refractivity contribution >= 4 is 5.97 Å². The average molecular weight is 331 g/mol. The molecule has 0 aliphatic carbocycles. The molecule has 11 nitrogen and oxygen atoms in total. The summed E-state index contributed by atoms with van der Waals surface area (Å²) in [6.45, 7) is 0. The standard InChI is InChI=1S/C12H17N3O8/c13-7(11(20)21)4(16)3-5-8(18)9(19)10(23-5)15-2-1-6(17)14-12(15)22/h1-2,4-5,7-10,16,18-19H,3,13H2,(H,20,21)(H,14,17,22)/t4-,5+,7-,8+,9+,10+/m0/s1. The number of aromatic amines is 1. The van der Waals surface area contributed by atoms with Gasteiger partial charge in [0, 0.05) is 18.7 Å². The van der Waals surface area contributed by atoms with Crippen molar-refractivity contribution in [2.45, 2.75) is 43.1 Å². The number of nitrogens with two attached hydrogens (primary N) is 1. The van der Waals surface area contributed by atoms with Gasteiger partial charge in [-0.2, -0.15) is 0 Å². The molecule has 1 aromatic rings. The summed E-state index contributed by atoms with van der Waals surface area (Å²) in [7, 11) is 0. The van der Waals surface area contributed by atoms with Gasteiger partial charge in [0.1, 0.15) is 18.2 Å². The van der Waals surface area contributed by atoms with Crippen LogP contribution in [0.4, 0.5) is 0 Å². The number of carbonyl (C=O) groups is 1. The number of ether oxygens (including phenoxy) is 1. The SMILES string of the molecule is N[C@H](C(=O)O)[C@@H](O)C[C@H]1O[C@@H](n2ccc(=O)[nH]c2=O)[C@H](O)[C@@H]1O. The molecule has 11 heteroatoms. The molecule has 0 saturated carbocycles. The van der Waals surface area contributed by atoms with Crippen molar-refractivity contribution in [1.82, 2.24) is 9.55 Å². The lowest BCUT2D eigenvalue weighted by atomic mass is 10.0. The Bertz CT molecular complexity index is 685. The van der Waals surface area contributed by atoms with E-state index in [-0.39, 0.29) is 6.42 Å². The second-order valence-electron chi connectivity index (χ2n) is 5.23. The van der Waals surface area contributed by atoms with Crippen molar-refractivity contribution in [1.29, 1.82) is 0 Å². The molecule has 1 fully saturated rings. The Morgan fingerprint density at radius 2 is 2.04 bits per heavy atom. The number of aromatic nitrogens is 2. The van der Waals surface area contributed by atoms with E-state index in [1.165, 1.54) is 0 Å². The van der Waals surface area contributed by atoms with E-state index in [4.69, 9.17) is 15.6 Å². The number of aliphatic hydroxyl groups is 3. The van der Waals surface area contributed by atoms with Crippen molar-refractivity contribution in [2.75, 3.05) is 0 Å². The third kappa shape index (κ3) is 3.48. The van der Waals surface area contributed by atoms with E-state index in [1.807, 2.05) is 4.98 Å². The normalized spacial score (nSPS) is 30.1. The lowest BCUT2D eigenvalue weighted by molar-refractivity contribution is -0.142. The largest absolute Gasteiger partial charge is 0.480 e. The van der Waals surface area contributed by atoms with E-state index in [0.717, 1.165) is 16.8 Å². The van der Waals surface area contributed by atoms with Crippen LogP contribution in [0.5, 0.6) is 0 Å². The highest BCUT2D eigenvalue weighted by Gasteiger charge is 2.45. The van der Waals surface area contributed by atoms with Gasteiger partial charge in [0.25, 0.3) is 5.56 Å². The molecule has 0 aromatic carbocycles. The number of carboxylic acids is 1. The summed E-state index contributed by atoms with van der Waals surface area (Å²) >= 11 is 0. The molecule has 6 atom stereocenters.